The quantitative estimate of drug-likeness (QED) is 0.328. The van der Waals surface area contributed by atoms with Crippen LogP contribution >= 0.6 is 15.9 Å². The van der Waals surface area contributed by atoms with Crippen LogP contribution in [0.5, 0.6) is 0 Å². The first-order valence-corrected chi connectivity index (χ1v) is 14.5. The molecule has 1 aromatic carbocycles. The topological polar surface area (TPSA) is 143 Å². The second-order valence-electron chi connectivity index (χ2n) is 10.4. The molecule has 14 heteroatoms. The van der Waals surface area contributed by atoms with Crippen molar-refractivity contribution in [3.63, 3.8) is 0 Å². The van der Waals surface area contributed by atoms with Crippen LogP contribution in [0.4, 0.5) is 19.0 Å². The Morgan fingerprint density at radius 1 is 1.12 bits per heavy atom. The van der Waals surface area contributed by atoms with E-state index in [1.165, 1.54) is 18.4 Å². The molecule has 0 radical (unpaired) electrons. The number of rotatable bonds is 9. The number of anilines is 1. The summed E-state index contributed by atoms with van der Waals surface area (Å²) in [5.74, 6) is -1.30. The Balaban J connectivity index is 0.000000616. The molecule has 1 amide bonds. The Bertz CT molecular complexity index is 1230. The Morgan fingerprint density at radius 3 is 2.29 bits per heavy atom. The maximum absolute atomic E-state index is 13.2. The van der Waals surface area contributed by atoms with Crippen LogP contribution in [0.25, 0.3) is 0 Å². The molecule has 0 bridgehead atoms. The lowest BCUT2D eigenvalue weighted by atomic mass is 9.93. The fourth-order valence-corrected chi connectivity index (χ4v) is 5.47. The van der Waals surface area contributed by atoms with Crippen molar-refractivity contribution in [1.82, 2.24) is 20.3 Å². The van der Waals surface area contributed by atoms with E-state index in [2.05, 4.69) is 36.2 Å². The van der Waals surface area contributed by atoms with E-state index < -0.39 is 12.1 Å². The molecule has 1 aromatic heterocycles. The highest BCUT2D eigenvalue weighted by Gasteiger charge is 2.38. The number of hydrazine groups is 1. The Morgan fingerprint density at radius 2 is 1.74 bits per heavy atom. The molecule has 3 N–H and O–H groups in total. The van der Waals surface area contributed by atoms with Crippen LogP contribution in [0.15, 0.2) is 34.9 Å². The molecule has 1 saturated heterocycles. The highest BCUT2D eigenvalue weighted by Crippen LogP contribution is 2.29. The standard InChI is InChI=1S/C26H33BrN6O2.C2HF3O2/c27-23-16-29-24(15-28)30-25(23)33(18-20-3-1-2-4-20)31-26(35)22-7-5-21(6-8-22)17-32-12-9-19(10-13-32)11-14-34;3-2(4,5)1(6)7/h5-8,16,19-20,34H,1-4,9-14,17-18H2,(H,31,35);(H,6,7). The summed E-state index contributed by atoms with van der Waals surface area (Å²) in [6.07, 6.45) is 4.25. The average Bonchev–Trinajstić information content (AvgIpc) is 3.47. The number of nitriles is 1. The summed E-state index contributed by atoms with van der Waals surface area (Å²) in [5, 5.41) is 27.3. The van der Waals surface area contributed by atoms with E-state index in [1.807, 2.05) is 30.3 Å². The van der Waals surface area contributed by atoms with Gasteiger partial charge in [-0.05, 0) is 90.7 Å². The molecule has 228 valence electrons. The highest BCUT2D eigenvalue weighted by atomic mass is 79.9. The maximum atomic E-state index is 13.2. The van der Waals surface area contributed by atoms with E-state index in [-0.39, 0.29) is 18.3 Å². The maximum Gasteiger partial charge on any atom is 0.490 e. The molecule has 2 fully saturated rings. The Labute approximate surface area is 250 Å². The molecule has 1 aliphatic carbocycles. The first-order chi connectivity index (χ1) is 20.0. The van der Waals surface area contributed by atoms with Crippen molar-refractivity contribution >= 4 is 33.6 Å². The Kier molecular flexibility index (Phi) is 12.5. The molecule has 0 atom stereocenters. The fraction of sp³-hybridized carbons (Fsp3) is 0.536. The van der Waals surface area contributed by atoms with E-state index in [0.717, 1.165) is 51.7 Å². The predicted molar refractivity (Wildman–Crippen MR) is 151 cm³/mol. The van der Waals surface area contributed by atoms with Gasteiger partial charge in [0.2, 0.25) is 5.82 Å². The summed E-state index contributed by atoms with van der Waals surface area (Å²) < 4.78 is 32.4. The lowest BCUT2D eigenvalue weighted by molar-refractivity contribution is -0.192. The zero-order valence-corrected chi connectivity index (χ0v) is 24.6. The molecule has 2 aromatic rings. The van der Waals surface area contributed by atoms with E-state index in [9.17, 15) is 23.2 Å². The number of nitrogens with one attached hydrogen (secondary N) is 1. The smallest absolute Gasteiger partial charge is 0.475 e. The number of carbonyl (C=O) groups excluding carboxylic acids is 1. The monoisotopic (exact) mass is 654 g/mol. The lowest BCUT2D eigenvalue weighted by Crippen LogP contribution is -2.45. The van der Waals surface area contributed by atoms with Crippen LogP contribution in [0.2, 0.25) is 0 Å². The van der Waals surface area contributed by atoms with Crippen molar-refractivity contribution in [3.05, 3.63) is 51.9 Å². The highest BCUT2D eigenvalue weighted by molar-refractivity contribution is 9.10. The van der Waals surface area contributed by atoms with Crippen LogP contribution in [0.3, 0.4) is 0 Å². The summed E-state index contributed by atoms with van der Waals surface area (Å²) in [4.78, 5) is 32.8. The van der Waals surface area contributed by atoms with Crippen LogP contribution < -0.4 is 10.4 Å². The molecule has 4 rings (SSSR count). The number of amides is 1. The normalized spacial score (nSPS) is 16.3. The summed E-state index contributed by atoms with van der Waals surface area (Å²) in [6, 6.07) is 9.75. The number of aliphatic hydroxyl groups excluding tert-OH is 1. The van der Waals surface area contributed by atoms with Gasteiger partial charge in [0.25, 0.3) is 5.91 Å². The number of aromatic nitrogens is 2. The molecule has 2 aliphatic rings. The molecule has 1 aliphatic heterocycles. The van der Waals surface area contributed by atoms with Gasteiger partial charge in [0.05, 0.1) is 4.47 Å². The van der Waals surface area contributed by atoms with Gasteiger partial charge in [0.15, 0.2) is 5.82 Å². The number of alkyl halides is 3. The van der Waals surface area contributed by atoms with E-state index in [4.69, 9.17) is 15.0 Å². The zero-order valence-electron chi connectivity index (χ0n) is 23.0. The summed E-state index contributed by atoms with van der Waals surface area (Å²) in [5.41, 5.74) is 4.78. The van der Waals surface area contributed by atoms with Gasteiger partial charge in [-0.3, -0.25) is 20.1 Å². The number of likely N-dealkylation sites (tertiary alicyclic amines) is 1. The van der Waals surface area contributed by atoms with Gasteiger partial charge < -0.3 is 10.2 Å². The zero-order chi connectivity index (χ0) is 30.7. The van der Waals surface area contributed by atoms with Crippen molar-refractivity contribution in [2.24, 2.45) is 11.8 Å². The summed E-state index contributed by atoms with van der Waals surface area (Å²) in [6.45, 7) is 3.87. The van der Waals surface area contributed by atoms with E-state index in [0.29, 0.717) is 34.2 Å². The molecular weight excluding hydrogens is 621 g/mol. The van der Waals surface area contributed by atoms with Gasteiger partial charge in [-0.15, -0.1) is 0 Å². The molecule has 0 unspecified atom stereocenters. The number of hydrogen-bond acceptors (Lipinski definition) is 8. The number of hydrogen-bond donors (Lipinski definition) is 3. The first kappa shape index (κ1) is 33.2. The number of piperidine rings is 1. The van der Waals surface area contributed by atoms with Crippen molar-refractivity contribution in [2.45, 2.75) is 57.7 Å². The van der Waals surface area contributed by atoms with Crippen LogP contribution in [-0.4, -0.2) is 69.4 Å². The lowest BCUT2D eigenvalue weighted by Gasteiger charge is -2.31. The molecule has 10 nitrogen and oxygen atoms in total. The number of carboxylic acids is 1. The predicted octanol–water partition coefficient (Wildman–Crippen LogP) is 4.68. The minimum atomic E-state index is -5.08. The van der Waals surface area contributed by atoms with E-state index >= 15 is 0 Å². The number of halogens is 4. The number of carbonyl (C=O) groups is 2. The third-order valence-corrected chi connectivity index (χ3v) is 7.90. The van der Waals surface area contributed by atoms with Crippen molar-refractivity contribution in [2.75, 3.05) is 31.3 Å². The minimum Gasteiger partial charge on any atom is -0.475 e. The van der Waals surface area contributed by atoms with Gasteiger partial charge in [-0.25, -0.2) is 9.78 Å². The van der Waals surface area contributed by atoms with Crippen LogP contribution in [0, 0.1) is 23.2 Å². The van der Waals surface area contributed by atoms with Crippen LogP contribution in [0.1, 0.15) is 66.7 Å². The summed E-state index contributed by atoms with van der Waals surface area (Å²) in [7, 11) is 0. The van der Waals surface area contributed by atoms with Gasteiger partial charge >= 0.3 is 12.1 Å². The number of aliphatic hydroxyl groups is 1. The fourth-order valence-electron chi connectivity index (χ4n) is 5.06. The molecule has 1 saturated carbocycles. The third-order valence-electron chi connectivity index (χ3n) is 7.34. The number of aliphatic carboxylic acids is 1. The summed E-state index contributed by atoms with van der Waals surface area (Å²) >= 11 is 3.48. The Hall–Kier alpha value is -3.28. The largest absolute Gasteiger partial charge is 0.490 e. The third kappa shape index (κ3) is 10.2. The second-order valence-corrected chi connectivity index (χ2v) is 11.3. The van der Waals surface area contributed by atoms with Gasteiger partial charge in [-0.2, -0.15) is 23.4 Å². The van der Waals surface area contributed by atoms with Gasteiger partial charge in [-0.1, -0.05) is 25.0 Å². The van der Waals surface area contributed by atoms with Crippen molar-refractivity contribution in [3.8, 4) is 6.07 Å². The number of nitrogens with zero attached hydrogens (tertiary/aromatic N) is 5. The molecule has 0 spiro atoms. The second kappa shape index (κ2) is 15.8. The molecule has 2 heterocycles. The number of benzene rings is 1. The van der Waals surface area contributed by atoms with Gasteiger partial charge in [0, 0.05) is 31.5 Å². The molecular formula is C28H34BrF3N6O4. The van der Waals surface area contributed by atoms with Crippen LogP contribution in [-0.2, 0) is 11.3 Å². The van der Waals surface area contributed by atoms with Crippen molar-refractivity contribution < 1.29 is 33.0 Å². The van der Waals surface area contributed by atoms with Crippen molar-refractivity contribution in [1.29, 1.82) is 5.26 Å². The average molecular weight is 656 g/mol. The first-order valence-electron chi connectivity index (χ1n) is 13.7. The molecule has 42 heavy (non-hydrogen) atoms. The van der Waals surface area contributed by atoms with Gasteiger partial charge in [0.1, 0.15) is 6.07 Å². The SMILES string of the molecule is N#Cc1ncc(Br)c(N(CC2CCCC2)NC(=O)c2ccc(CN3CCC(CCO)CC3)cc2)n1.O=C(O)C(F)(F)F. The number of carboxylic acid groups (broad SMARTS) is 1. The minimum absolute atomic E-state index is 0.0682. The van der Waals surface area contributed by atoms with E-state index in [1.54, 1.807) is 11.2 Å².